The van der Waals surface area contributed by atoms with E-state index in [2.05, 4.69) is 15.3 Å². The van der Waals surface area contributed by atoms with Gasteiger partial charge in [-0.2, -0.15) is 4.31 Å². The first-order valence-electron chi connectivity index (χ1n) is 6.40. The zero-order valence-corrected chi connectivity index (χ0v) is 13.0. The number of aromatic amines is 1. The molecular weight excluding hydrogens is 332 g/mol. The van der Waals surface area contributed by atoms with Gasteiger partial charge in [-0.05, 0) is 12.1 Å². The summed E-state index contributed by atoms with van der Waals surface area (Å²) in [7, 11) is -3.97. The number of rotatable bonds is 3. The van der Waals surface area contributed by atoms with Gasteiger partial charge in [-0.1, -0.05) is 12.1 Å². The van der Waals surface area contributed by atoms with Crippen molar-refractivity contribution in [3.8, 4) is 0 Å². The van der Waals surface area contributed by atoms with Gasteiger partial charge in [0, 0.05) is 19.6 Å². The number of halogens is 1. The van der Waals surface area contributed by atoms with Crippen LogP contribution in [0, 0.1) is 0 Å². The smallest absolute Gasteiger partial charge is 0.323 e. The molecule has 2 aromatic rings. The van der Waals surface area contributed by atoms with Gasteiger partial charge in [-0.25, -0.2) is 13.4 Å². The van der Waals surface area contributed by atoms with Crippen molar-refractivity contribution in [1.29, 1.82) is 0 Å². The maximum Gasteiger partial charge on any atom is 0.323 e. The van der Waals surface area contributed by atoms with Crippen LogP contribution in [0.15, 0.2) is 29.4 Å². The minimum atomic E-state index is -3.97. The second-order valence-corrected chi connectivity index (χ2v) is 6.54. The molecule has 22 heavy (non-hydrogen) atoms. The Morgan fingerprint density at radius 1 is 1.36 bits per heavy atom. The van der Waals surface area contributed by atoms with Gasteiger partial charge in [0.05, 0.1) is 11.0 Å². The normalized spacial score (nSPS) is 19.7. The molecule has 1 unspecified atom stereocenters. The molecular formula is C12H15ClN4O4S. The molecule has 1 atom stereocenters. The Labute approximate surface area is 133 Å². The van der Waals surface area contributed by atoms with E-state index in [1.807, 2.05) is 0 Å². The zero-order chi connectivity index (χ0) is 15.0. The highest BCUT2D eigenvalue weighted by atomic mass is 35.5. The lowest BCUT2D eigenvalue weighted by atomic mass is 10.2. The molecule has 0 bridgehead atoms. The van der Waals surface area contributed by atoms with Crippen LogP contribution in [0.2, 0.25) is 0 Å². The van der Waals surface area contributed by atoms with Crippen molar-refractivity contribution < 1.29 is 18.3 Å². The summed E-state index contributed by atoms with van der Waals surface area (Å²) in [4.78, 5) is 18.0. The first kappa shape index (κ1) is 16.7. The number of aromatic nitrogens is 2. The quantitative estimate of drug-likeness (QED) is 0.722. The number of nitrogens with one attached hydrogen (secondary N) is 2. The molecule has 1 aliphatic heterocycles. The van der Waals surface area contributed by atoms with Gasteiger partial charge in [0.15, 0.2) is 0 Å². The first-order valence-corrected chi connectivity index (χ1v) is 7.84. The van der Waals surface area contributed by atoms with Gasteiger partial charge in [0.2, 0.25) is 5.16 Å². The summed E-state index contributed by atoms with van der Waals surface area (Å²) in [6.07, 6.45) is 0. The number of carbonyl (C=O) groups is 1. The van der Waals surface area contributed by atoms with Crippen molar-refractivity contribution in [3.63, 3.8) is 0 Å². The predicted octanol–water partition coefficient (Wildman–Crippen LogP) is 0.0318. The molecule has 3 rings (SSSR count). The number of H-pyrrole nitrogens is 1. The Hall–Kier alpha value is -1.68. The lowest BCUT2D eigenvalue weighted by Crippen LogP contribution is -2.56. The number of hydrogen-bond donors (Lipinski definition) is 3. The minimum absolute atomic E-state index is 0. The number of nitrogens with zero attached hydrogens (tertiary/aromatic N) is 2. The van der Waals surface area contributed by atoms with Gasteiger partial charge in [0.25, 0.3) is 10.0 Å². The van der Waals surface area contributed by atoms with Crippen LogP contribution >= 0.6 is 12.4 Å². The number of para-hydroxylation sites is 2. The van der Waals surface area contributed by atoms with Crippen molar-refractivity contribution in [2.45, 2.75) is 11.2 Å². The predicted molar refractivity (Wildman–Crippen MR) is 81.5 cm³/mol. The summed E-state index contributed by atoms with van der Waals surface area (Å²) in [5.41, 5.74) is 1.12. The fourth-order valence-electron chi connectivity index (χ4n) is 2.35. The van der Waals surface area contributed by atoms with Crippen LogP contribution in [-0.4, -0.2) is 59.4 Å². The number of aliphatic carboxylic acids is 1. The monoisotopic (exact) mass is 346 g/mol. The summed E-state index contributed by atoms with van der Waals surface area (Å²) in [6.45, 7) is 0.578. The topological polar surface area (TPSA) is 115 Å². The number of carboxylic acid groups (broad SMARTS) is 1. The molecule has 1 aliphatic rings. The number of piperazine rings is 1. The van der Waals surface area contributed by atoms with E-state index in [1.54, 1.807) is 24.3 Å². The summed E-state index contributed by atoms with van der Waals surface area (Å²) < 4.78 is 26.2. The number of imidazole rings is 1. The van der Waals surface area contributed by atoms with E-state index in [0.29, 0.717) is 17.6 Å². The molecule has 10 heteroatoms. The Balaban J connectivity index is 0.00000176. The minimum Gasteiger partial charge on any atom is -0.480 e. The SMILES string of the molecule is Cl.O=C(O)C1CNCCN1S(=O)(=O)c1nc2ccccc2[nH]1. The van der Waals surface area contributed by atoms with Gasteiger partial charge in [-0.15, -0.1) is 12.4 Å². The van der Waals surface area contributed by atoms with Gasteiger partial charge in [-0.3, -0.25) is 4.79 Å². The number of fused-ring (bicyclic) bond motifs is 1. The first-order chi connectivity index (χ1) is 10.00. The lowest BCUT2D eigenvalue weighted by Gasteiger charge is -2.31. The fourth-order valence-corrected chi connectivity index (χ4v) is 3.85. The van der Waals surface area contributed by atoms with E-state index >= 15 is 0 Å². The largest absolute Gasteiger partial charge is 0.480 e. The number of carboxylic acids is 1. The third-order valence-corrected chi connectivity index (χ3v) is 5.14. The molecule has 3 N–H and O–H groups in total. The molecule has 1 aromatic heterocycles. The lowest BCUT2D eigenvalue weighted by molar-refractivity contribution is -0.141. The van der Waals surface area contributed by atoms with Gasteiger partial charge >= 0.3 is 5.97 Å². The highest BCUT2D eigenvalue weighted by Gasteiger charge is 2.39. The summed E-state index contributed by atoms with van der Waals surface area (Å²) in [5, 5.41) is 11.8. The second kappa shape index (κ2) is 6.21. The van der Waals surface area contributed by atoms with Crippen LogP contribution in [0.1, 0.15) is 0 Å². The van der Waals surface area contributed by atoms with Crippen LogP contribution in [-0.2, 0) is 14.8 Å². The molecule has 120 valence electrons. The molecule has 0 spiro atoms. The van der Waals surface area contributed by atoms with Gasteiger partial charge in [0.1, 0.15) is 6.04 Å². The standard InChI is InChI=1S/C12H14N4O4S.ClH/c17-11(18)10-7-13-5-6-16(10)21(19,20)12-14-8-3-1-2-4-9(8)15-12;/h1-4,10,13H,5-7H2,(H,14,15)(H,17,18);1H. The second-order valence-electron chi connectivity index (χ2n) is 4.73. The number of hydrogen-bond acceptors (Lipinski definition) is 5. The molecule has 1 saturated heterocycles. The van der Waals surface area contributed by atoms with E-state index in [4.69, 9.17) is 0 Å². The Morgan fingerprint density at radius 3 is 2.77 bits per heavy atom. The van der Waals surface area contributed by atoms with Crippen LogP contribution in [0.5, 0.6) is 0 Å². The fraction of sp³-hybridized carbons (Fsp3) is 0.333. The molecule has 0 aliphatic carbocycles. The Kier molecular flexibility index (Phi) is 4.71. The third kappa shape index (κ3) is 2.80. The van der Waals surface area contributed by atoms with E-state index in [1.165, 1.54) is 0 Å². The number of benzene rings is 1. The van der Waals surface area contributed by atoms with Gasteiger partial charge < -0.3 is 15.4 Å². The van der Waals surface area contributed by atoms with E-state index < -0.39 is 22.0 Å². The highest BCUT2D eigenvalue weighted by Crippen LogP contribution is 2.20. The summed E-state index contributed by atoms with van der Waals surface area (Å²) in [6, 6.07) is 5.80. The van der Waals surface area contributed by atoms with Crippen LogP contribution in [0.25, 0.3) is 11.0 Å². The molecule has 2 heterocycles. The molecule has 1 aromatic carbocycles. The maximum atomic E-state index is 12.6. The van der Waals surface area contributed by atoms with E-state index in [0.717, 1.165) is 4.31 Å². The molecule has 0 saturated carbocycles. The zero-order valence-electron chi connectivity index (χ0n) is 11.4. The van der Waals surface area contributed by atoms with Crippen molar-refractivity contribution in [1.82, 2.24) is 19.6 Å². The molecule has 0 amide bonds. The summed E-state index contributed by atoms with van der Waals surface area (Å²) >= 11 is 0. The highest BCUT2D eigenvalue weighted by molar-refractivity contribution is 7.89. The maximum absolute atomic E-state index is 12.6. The van der Waals surface area contributed by atoms with Crippen LogP contribution in [0.4, 0.5) is 0 Å². The molecule has 0 radical (unpaired) electrons. The molecule has 8 nitrogen and oxygen atoms in total. The van der Waals surface area contributed by atoms with Crippen molar-refractivity contribution in [3.05, 3.63) is 24.3 Å². The number of sulfonamides is 1. The van der Waals surface area contributed by atoms with Crippen molar-refractivity contribution in [2.75, 3.05) is 19.6 Å². The van der Waals surface area contributed by atoms with E-state index in [9.17, 15) is 18.3 Å². The Morgan fingerprint density at radius 2 is 2.09 bits per heavy atom. The summed E-state index contributed by atoms with van der Waals surface area (Å²) in [5.74, 6) is -1.18. The van der Waals surface area contributed by atoms with Crippen molar-refractivity contribution >= 4 is 39.4 Å². The van der Waals surface area contributed by atoms with Crippen LogP contribution in [0.3, 0.4) is 0 Å². The average Bonchev–Trinajstić information content (AvgIpc) is 2.92. The van der Waals surface area contributed by atoms with E-state index in [-0.39, 0.29) is 30.7 Å². The average molecular weight is 347 g/mol. The molecule has 1 fully saturated rings. The third-order valence-electron chi connectivity index (χ3n) is 3.40. The van der Waals surface area contributed by atoms with Crippen LogP contribution < -0.4 is 5.32 Å². The van der Waals surface area contributed by atoms with Crippen molar-refractivity contribution in [2.24, 2.45) is 0 Å². The Bertz CT molecular complexity index is 758.